The average Bonchev–Trinajstić information content (AvgIpc) is 2.47. The lowest BCUT2D eigenvalue weighted by atomic mass is 9.78. The van der Waals surface area contributed by atoms with E-state index in [1.165, 1.54) is 25.7 Å². The maximum atomic E-state index is 12.6. The van der Waals surface area contributed by atoms with Crippen molar-refractivity contribution in [3.63, 3.8) is 0 Å². The number of halogens is 1. The lowest BCUT2D eigenvalue weighted by Gasteiger charge is -2.44. The SMILES string of the molecule is O=C(c1ccc(Cl)cn1)N1CCCC2CCCCC21. The molecule has 1 saturated heterocycles. The quantitative estimate of drug-likeness (QED) is 0.787. The van der Waals surface area contributed by atoms with Gasteiger partial charge in [0.05, 0.1) is 5.02 Å². The zero-order valence-corrected chi connectivity index (χ0v) is 11.8. The molecule has 2 fully saturated rings. The Morgan fingerprint density at radius 1 is 1.21 bits per heavy atom. The van der Waals surface area contributed by atoms with Crippen molar-refractivity contribution in [2.24, 2.45) is 5.92 Å². The van der Waals surface area contributed by atoms with Gasteiger partial charge in [0.25, 0.3) is 5.91 Å². The van der Waals surface area contributed by atoms with Crippen LogP contribution in [-0.2, 0) is 0 Å². The van der Waals surface area contributed by atoms with Gasteiger partial charge in [0.2, 0.25) is 0 Å². The Morgan fingerprint density at radius 3 is 2.79 bits per heavy atom. The van der Waals surface area contributed by atoms with Crippen LogP contribution in [0.2, 0.25) is 5.02 Å². The number of likely N-dealkylation sites (tertiary alicyclic amines) is 1. The number of hydrogen-bond donors (Lipinski definition) is 0. The Kier molecular flexibility index (Phi) is 3.74. The number of piperidine rings is 1. The fraction of sp³-hybridized carbons (Fsp3) is 0.600. The zero-order valence-electron chi connectivity index (χ0n) is 11.0. The molecule has 1 aromatic heterocycles. The number of nitrogens with zero attached hydrogens (tertiary/aromatic N) is 2. The Hall–Kier alpha value is -1.09. The third-order valence-corrected chi connectivity index (χ3v) is 4.67. The Bertz CT molecular complexity index is 458. The summed E-state index contributed by atoms with van der Waals surface area (Å²) in [5.41, 5.74) is 0.524. The van der Waals surface area contributed by atoms with E-state index in [4.69, 9.17) is 11.6 Å². The summed E-state index contributed by atoms with van der Waals surface area (Å²) >= 11 is 5.83. The Balaban J connectivity index is 1.79. The fourth-order valence-electron chi connectivity index (χ4n) is 3.53. The van der Waals surface area contributed by atoms with Crippen molar-refractivity contribution in [3.05, 3.63) is 29.0 Å². The molecule has 2 aliphatic rings. The fourth-order valence-corrected chi connectivity index (χ4v) is 3.64. The largest absolute Gasteiger partial charge is 0.334 e. The van der Waals surface area contributed by atoms with Gasteiger partial charge < -0.3 is 4.90 Å². The molecule has 1 aromatic rings. The van der Waals surface area contributed by atoms with E-state index < -0.39 is 0 Å². The number of rotatable bonds is 1. The van der Waals surface area contributed by atoms with E-state index in [2.05, 4.69) is 9.88 Å². The molecule has 102 valence electrons. The van der Waals surface area contributed by atoms with Crippen LogP contribution in [0.5, 0.6) is 0 Å². The molecule has 1 amide bonds. The van der Waals surface area contributed by atoms with Crippen LogP contribution in [-0.4, -0.2) is 28.4 Å². The highest BCUT2D eigenvalue weighted by Crippen LogP contribution is 2.35. The van der Waals surface area contributed by atoms with E-state index in [9.17, 15) is 4.79 Å². The predicted molar refractivity (Wildman–Crippen MR) is 75.3 cm³/mol. The van der Waals surface area contributed by atoms with E-state index in [0.717, 1.165) is 19.4 Å². The molecule has 0 aromatic carbocycles. The zero-order chi connectivity index (χ0) is 13.2. The summed E-state index contributed by atoms with van der Waals surface area (Å²) in [5, 5.41) is 0.575. The first-order valence-electron chi connectivity index (χ1n) is 7.18. The van der Waals surface area contributed by atoms with Crippen LogP contribution in [0.1, 0.15) is 49.0 Å². The Morgan fingerprint density at radius 2 is 2.00 bits per heavy atom. The minimum absolute atomic E-state index is 0.0771. The lowest BCUT2D eigenvalue weighted by Crippen LogP contribution is -2.49. The van der Waals surface area contributed by atoms with Crippen LogP contribution < -0.4 is 0 Å². The second-order valence-electron chi connectivity index (χ2n) is 5.61. The highest BCUT2D eigenvalue weighted by atomic mass is 35.5. The molecule has 0 spiro atoms. The van der Waals surface area contributed by atoms with Crippen LogP contribution in [0.4, 0.5) is 0 Å². The molecule has 1 aliphatic carbocycles. The Labute approximate surface area is 119 Å². The molecule has 19 heavy (non-hydrogen) atoms. The third-order valence-electron chi connectivity index (χ3n) is 4.45. The number of carbonyl (C=O) groups excluding carboxylic acids is 1. The molecular weight excluding hydrogens is 260 g/mol. The van der Waals surface area contributed by atoms with Gasteiger partial charge in [0.15, 0.2) is 0 Å². The maximum absolute atomic E-state index is 12.6. The number of pyridine rings is 1. The first-order valence-corrected chi connectivity index (χ1v) is 7.56. The molecule has 2 heterocycles. The number of hydrogen-bond acceptors (Lipinski definition) is 2. The molecule has 2 atom stereocenters. The van der Waals surface area contributed by atoms with Crippen LogP contribution in [0, 0.1) is 5.92 Å². The number of carbonyl (C=O) groups is 1. The summed E-state index contributed by atoms with van der Waals surface area (Å²) in [6, 6.07) is 3.91. The van der Waals surface area contributed by atoms with Gasteiger partial charge in [-0.25, -0.2) is 4.98 Å². The van der Waals surface area contributed by atoms with Crippen molar-refractivity contribution >= 4 is 17.5 Å². The molecule has 3 rings (SSSR count). The highest BCUT2D eigenvalue weighted by Gasteiger charge is 2.36. The normalized spacial score (nSPS) is 26.9. The standard InChI is InChI=1S/C15H19ClN2O/c16-12-7-8-13(17-10-12)15(19)18-9-3-5-11-4-1-2-6-14(11)18/h7-8,10-11,14H,1-6,9H2. The van der Waals surface area contributed by atoms with E-state index in [1.807, 2.05) is 0 Å². The van der Waals surface area contributed by atoms with E-state index in [-0.39, 0.29) is 5.91 Å². The molecule has 3 nitrogen and oxygen atoms in total. The lowest BCUT2D eigenvalue weighted by molar-refractivity contribution is 0.0385. The summed E-state index contributed by atoms with van der Waals surface area (Å²) in [4.78, 5) is 18.8. The first kappa shape index (κ1) is 12.9. The second-order valence-corrected chi connectivity index (χ2v) is 6.05. The molecule has 0 N–H and O–H groups in total. The number of fused-ring (bicyclic) bond motifs is 1. The van der Waals surface area contributed by atoms with Crippen LogP contribution >= 0.6 is 11.6 Å². The minimum Gasteiger partial charge on any atom is -0.334 e. The molecule has 1 saturated carbocycles. The minimum atomic E-state index is 0.0771. The van der Waals surface area contributed by atoms with Crippen LogP contribution in [0.25, 0.3) is 0 Å². The monoisotopic (exact) mass is 278 g/mol. The maximum Gasteiger partial charge on any atom is 0.272 e. The van der Waals surface area contributed by atoms with Crippen LogP contribution in [0.3, 0.4) is 0 Å². The van der Waals surface area contributed by atoms with Gasteiger partial charge in [-0.2, -0.15) is 0 Å². The van der Waals surface area contributed by atoms with Crippen molar-refractivity contribution in [1.29, 1.82) is 0 Å². The van der Waals surface area contributed by atoms with E-state index >= 15 is 0 Å². The summed E-state index contributed by atoms with van der Waals surface area (Å²) in [6.45, 7) is 0.879. The van der Waals surface area contributed by atoms with Crippen molar-refractivity contribution < 1.29 is 4.79 Å². The van der Waals surface area contributed by atoms with Crippen LogP contribution in [0.15, 0.2) is 18.3 Å². The first-order chi connectivity index (χ1) is 9.25. The van der Waals surface area contributed by atoms with Gasteiger partial charge in [-0.05, 0) is 43.7 Å². The predicted octanol–water partition coefficient (Wildman–Crippen LogP) is 3.53. The third kappa shape index (κ3) is 2.62. The van der Waals surface area contributed by atoms with Crippen molar-refractivity contribution in [3.8, 4) is 0 Å². The molecule has 4 heteroatoms. The molecule has 0 radical (unpaired) electrons. The van der Waals surface area contributed by atoms with Crippen molar-refractivity contribution in [1.82, 2.24) is 9.88 Å². The molecule has 0 bridgehead atoms. The van der Waals surface area contributed by atoms with Gasteiger partial charge in [0.1, 0.15) is 5.69 Å². The van der Waals surface area contributed by atoms with Gasteiger partial charge in [-0.15, -0.1) is 0 Å². The van der Waals surface area contributed by atoms with Crippen molar-refractivity contribution in [2.45, 2.75) is 44.6 Å². The molecule has 2 unspecified atom stereocenters. The molecular formula is C15H19ClN2O. The summed E-state index contributed by atoms with van der Waals surface area (Å²) < 4.78 is 0. The number of aromatic nitrogens is 1. The summed E-state index contributed by atoms with van der Waals surface area (Å²) in [5.74, 6) is 0.784. The van der Waals surface area contributed by atoms with Gasteiger partial charge in [-0.1, -0.05) is 24.4 Å². The highest BCUT2D eigenvalue weighted by molar-refractivity contribution is 6.30. The second kappa shape index (κ2) is 5.49. The smallest absolute Gasteiger partial charge is 0.272 e. The van der Waals surface area contributed by atoms with Gasteiger partial charge in [-0.3, -0.25) is 4.79 Å². The van der Waals surface area contributed by atoms with E-state index in [0.29, 0.717) is 22.7 Å². The summed E-state index contributed by atoms with van der Waals surface area (Å²) in [7, 11) is 0. The van der Waals surface area contributed by atoms with Gasteiger partial charge in [0, 0.05) is 18.8 Å². The average molecular weight is 279 g/mol. The van der Waals surface area contributed by atoms with Gasteiger partial charge >= 0.3 is 0 Å². The van der Waals surface area contributed by atoms with E-state index in [1.54, 1.807) is 18.3 Å². The topological polar surface area (TPSA) is 33.2 Å². The summed E-state index contributed by atoms with van der Waals surface area (Å²) in [6.07, 6.45) is 8.97. The number of amides is 1. The van der Waals surface area contributed by atoms with Crippen molar-refractivity contribution in [2.75, 3.05) is 6.54 Å². The molecule has 1 aliphatic heterocycles.